The maximum absolute atomic E-state index is 6.47. The van der Waals surface area contributed by atoms with E-state index in [0.29, 0.717) is 6.04 Å². The lowest BCUT2D eigenvalue weighted by Gasteiger charge is -2.14. The fourth-order valence-electron chi connectivity index (χ4n) is 2.38. The Labute approximate surface area is 133 Å². The predicted molar refractivity (Wildman–Crippen MR) is 93.1 cm³/mol. The van der Waals surface area contributed by atoms with Crippen LogP contribution >= 0.6 is 11.6 Å². The summed E-state index contributed by atoms with van der Waals surface area (Å²) in [5.41, 5.74) is 7.42. The molecule has 0 aliphatic rings. The van der Waals surface area contributed by atoms with Gasteiger partial charge >= 0.3 is 0 Å². The van der Waals surface area contributed by atoms with E-state index < -0.39 is 0 Å². The molecule has 0 heterocycles. The highest BCUT2D eigenvalue weighted by molar-refractivity contribution is 6.33. The van der Waals surface area contributed by atoms with Crippen molar-refractivity contribution in [3.63, 3.8) is 0 Å². The molecular formula is C19H24ClN. The number of nitrogens with one attached hydrogen (secondary N) is 1. The quantitative estimate of drug-likeness (QED) is 0.794. The van der Waals surface area contributed by atoms with E-state index in [-0.39, 0.29) is 0 Å². The van der Waals surface area contributed by atoms with Crippen molar-refractivity contribution in [1.82, 2.24) is 5.32 Å². The molecule has 0 saturated carbocycles. The van der Waals surface area contributed by atoms with Crippen LogP contribution in [0.5, 0.6) is 0 Å². The standard InChI is InChI=1S/C19H24ClN/c1-12(2)21-11-16-7-6-13(3)17(10-16)18-8-14(4)15(5)9-19(18)20/h6-10,12,21H,11H2,1-5H3. The largest absolute Gasteiger partial charge is 0.310 e. The van der Waals surface area contributed by atoms with Gasteiger partial charge < -0.3 is 5.32 Å². The molecule has 0 atom stereocenters. The van der Waals surface area contributed by atoms with Crippen LogP contribution in [0.15, 0.2) is 30.3 Å². The summed E-state index contributed by atoms with van der Waals surface area (Å²) < 4.78 is 0. The summed E-state index contributed by atoms with van der Waals surface area (Å²) in [5.74, 6) is 0. The molecule has 0 fully saturated rings. The molecule has 2 heteroatoms. The molecular weight excluding hydrogens is 278 g/mol. The van der Waals surface area contributed by atoms with Gasteiger partial charge in [-0.05, 0) is 66.8 Å². The second-order valence-electron chi connectivity index (χ2n) is 6.10. The fraction of sp³-hybridized carbons (Fsp3) is 0.368. The summed E-state index contributed by atoms with van der Waals surface area (Å²) in [4.78, 5) is 0. The van der Waals surface area contributed by atoms with E-state index in [0.717, 1.165) is 17.1 Å². The lowest BCUT2D eigenvalue weighted by molar-refractivity contribution is 0.589. The van der Waals surface area contributed by atoms with Gasteiger partial charge in [-0.15, -0.1) is 0 Å². The van der Waals surface area contributed by atoms with E-state index in [1.165, 1.54) is 27.8 Å². The smallest absolute Gasteiger partial charge is 0.0487 e. The van der Waals surface area contributed by atoms with Crippen molar-refractivity contribution in [2.24, 2.45) is 0 Å². The summed E-state index contributed by atoms with van der Waals surface area (Å²) in [5, 5.41) is 4.29. The van der Waals surface area contributed by atoms with E-state index in [4.69, 9.17) is 11.6 Å². The molecule has 2 aromatic rings. The number of aryl methyl sites for hydroxylation is 3. The van der Waals surface area contributed by atoms with Crippen LogP contribution in [-0.4, -0.2) is 6.04 Å². The molecule has 0 aliphatic heterocycles. The van der Waals surface area contributed by atoms with Crippen LogP contribution < -0.4 is 5.32 Å². The molecule has 2 rings (SSSR count). The van der Waals surface area contributed by atoms with Crippen molar-refractivity contribution < 1.29 is 0 Å². The first-order valence-electron chi connectivity index (χ1n) is 7.48. The third-order valence-electron chi connectivity index (χ3n) is 3.89. The zero-order valence-corrected chi connectivity index (χ0v) is 14.3. The first-order valence-corrected chi connectivity index (χ1v) is 7.86. The third kappa shape index (κ3) is 3.87. The molecule has 0 aliphatic carbocycles. The molecule has 0 saturated heterocycles. The van der Waals surface area contributed by atoms with E-state index >= 15 is 0 Å². The zero-order valence-electron chi connectivity index (χ0n) is 13.5. The van der Waals surface area contributed by atoms with Crippen molar-refractivity contribution in [3.05, 3.63) is 57.6 Å². The summed E-state index contributed by atoms with van der Waals surface area (Å²) in [6.45, 7) is 11.6. The monoisotopic (exact) mass is 301 g/mol. The molecule has 1 nitrogen and oxygen atoms in total. The van der Waals surface area contributed by atoms with E-state index in [1.807, 2.05) is 0 Å². The summed E-state index contributed by atoms with van der Waals surface area (Å²) in [6, 6.07) is 11.4. The van der Waals surface area contributed by atoms with Gasteiger partial charge in [0.1, 0.15) is 0 Å². The molecule has 21 heavy (non-hydrogen) atoms. The maximum atomic E-state index is 6.47. The lowest BCUT2D eigenvalue weighted by atomic mass is 9.95. The van der Waals surface area contributed by atoms with Crippen LogP contribution in [0.3, 0.4) is 0 Å². The van der Waals surface area contributed by atoms with Crippen molar-refractivity contribution >= 4 is 11.6 Å². The van der Waals surface area contributed by atoms with Gasteiger partial charge in [-0.1, -0.05) is 37.6 Å². The maximum Gasteiger partial charge on any atom is 0.0487 e. The van der Waals surface area contributed by atoms with Crippen molar-refractivity contribution in [1.29, 1.82) is 0 Å². The van der Waals surface area contributed by atoms with E-state index in [9.17, 15) is 0 Å². The van der Waals surface area contributed by atoms with Gasteiger partial charge in [0.2, 0.25) is 0 Å². The minimum Gasteiger partial charge on any atom is -0.310 e. The van der Waals surface area contributed by atoms with E-state index in [2.05, 4.69) is 70.3 Å². The average molecular weight is 302 g/mol. The molecule has 0 unspecified atom stereocenters. The van der Waals surface area contributed by atoms with Crippen LogP contribution in [0, 0.1) is 20.8 Å². The number of halogens is 1. The third-order valence-corrected chi connectivity index (χ3v) is 4.20. The molecule has 0 bridgehead atoms. The lowest BCUT2D eigenvalue weighted by Crippen LogP contribution is -2.21. The molecule has 2 aromatic carbocycles. The topological polar surface area (TPSA) is 12.0 Å². The number of rotatable bonds is 4. The Balaban J connectivity index is 2.43. The van der Waals surface area contributed by atoms with Gasteiger partial charge in [-0.2, -0.15) is 0 Å². The minimum atomic E-state index is 0.486. The Morgan fingerprint density at radius 2 is 1.57 bits per heavy atom. The fourth-order valence-corrected chi connectivity index (χ4v) is 2.70. The van der Waals surface area contributed by atoms with Gasteiger partial charge in [-0.25, -0.2) is 0 Å². The summed E-state index contributed by atoms with van der Waals surface area (Å²) >= 11 is 6.47. The van der Waals surface area contributed by atoms with Crippen molar-refractivity contribution in [2.75, 3.05) is 0 Å². The molecule has 0 amide bonds. The van der Waals surface area contributed by atoms with E-state index in [1.54, 1.807) is 0 Å². The Morgan fingerprint density at radius 1 is 0.905 bits per heavy atom. The van der Waals surface area contributed by atoms with Gasteiger partial charge in [0.25, 0.3) is 0 Å². The van der Waals surface area contributed by atoms with Crippen LogP contribution in [0.1, 0.15) is 36.1 Å². The summed E-state index contributed by atoms with van der Waals surface area (Å²) in [7, 11) is 0. The second-order valence-corrected chi connectivity index (χ2v) is 6.51. The SMILES string of the molecule is Cc1cc(Cl)c(-c2cc(CNC(C)C)ccc2C)cc1C. The van der Waals surface area contributed by atoms with Crippen LogP contribution in [0.4, 0.5) is 0 Å². The first kappa shape index (κ1) is 16.1. The number of benzene rings is 2. The molecule has 0 spiro atoms. The van der Waals surface area contributed by atoms with Crippen molar-refractivity contribution in [2.45, 2.75) is 47.2 Å². The Morgan fingerprint density at radius 3 is 2.24 bits per heavy atom. The average Bonchev–Trinajstić information content (AvgIpc) is 2.42. The molecule has 0 aromatic heterocycles. The van der Waals surface area contributed by atoms with Gasteiger partial charge in [-0.3, -0.25) is 0 Å². The Kier molecular flexibility index (Phi) is 5.08. The highest BCUT2D eigenvalue weighted by atomic mass is 35.5. The van der Waals surface area contributed by atoms with Crippen LogP contribution in [-0.2, 0) is 6.54 Å². The van der Waals surface area contributed by atoms with Gasteiger partial charge in [0, 0.05) is 23.2 Å². The first-order chi connectivity index (χ1) is 9.88. The highest BCUT2D eigenvalue weighted by Crippen LogP contribution is 2.33. The van der Waals surface area contributed by atoms with Crippen LogP contribution in [0.25, 0.3) is 11.1 Å². The van der Waals surface area contributed by atoms with Crippen molar-refractivity contribution in [3.8, 4) is 11.1 Å². The van der Waals surface area contributed by atoms with Crippen LogP contribution in [0.2, 0.25) is 5.02 Å². The predicted octanol–water partition coefficient (Wildman–Crippen LogP) is 5.43. The Bertz CT molecular complexity index is 644. The Hall–Kier alpha value is -1.31. The second kappa shape index (κ2) is 6.64. The minimum absolute atomic E-state index is 0.486. The molecule has 0 radical (unpaired) electrons. The van der Waals surface area contributed by atoms with Gasteiger partial charge in [0.15, 0.2) is 0 Å². The molecule has 1 N–H and O–H groups in total. The molecule has 112 valence electrons. The summed E-state index contributed by atoms with van der Waals surface area (Å²) in [6.07, 6.45) is 0. The highest BCUT2D eigenvalue weighted by Gasteiger charge is 2.09. The number of hydrogen-bond donors (Lipinski definition) is 1. The van der Waals surface area contributed by atoms with Gasteiger partial charge in [0.05, 0.1) is 0 Å². The normalized spacial score (nSPS) is 11.2. The zero-order chi connectivity index (χ0) is 15.6. The number of hydrogen-bond acceptors (Lipinski definition) is 1.